The van der Waals surface area contributed by atoms with Crippen molar-refractivity contribution in [1.29, 1.82) is 0 Å². The van der Waals surface area contributed by atoms with E-state index in [0.717, 1.165) is 0 Å². The van der Waals surface area contributed by atoms with Gasteiger partial charge in [0, 0.05) is 0 Å². The molecule has 0 spiro atoms. The Morgan fingerprint density at radius 3 is 2.00 bits per heavy atom. The van der Waals surface area contributed by atoms with Gasteiger partial charge in [-0.3, -0.25) is 0 Å². The van der Waals surface area contributed by atoms with E-state index in [1.54, 1.807) is 0 Å². The van der Waals surface area contributed by atoms with Gasteiger partial charge in [0.05, 0.1) is 4.48 Å². The van der Waals surface area contributed by atoms with Crippen molar-refractivity contribution in [3.8, 4) is 0 Å². The molecular weight excluding hydrogens is 263 g/mol. The third-order valence-corrected chi connectivity index (χ3v) is 4.89. The largest absolute Gasteiger partial charge is 0.229 e. The van der Waals surface area contributed by atoms with Crippen molar-refractivity contribution in [2.45, 2.75) is 0 Å². The fourth-order valence-electron chi connectivity index (χ4n) is 0.448. The van der Waals surface area contributed by atoms with E-state index >= 15 is 0 Å². The third-order valence-electron chi connectivity index (χ3n) is 0.921. The van der Waals surface area contributed by atoms with Crippen LogP contribution in [-0.2, 0) is 9.84 Å². The van der Waals surface area contributed by atoms with E-state index in [-0.39, 0.29) is 8.73 Å². The number of allylic oxidation sites excluding steroid dienone is 2. The summed E-state index contributed by atoms with van der Waals surface area (Å²) in [6.07, 6.45) is 1.25. The molecule has 56 valence electrons. The molecule has 0 aromatic heterocycles. The van der Waals surface area contributed by atoms with Crippen LogP contribution in [0.15, 0.2) is 19.3 Å². The van der Waals surface area contributed by atoms with Crippen molar-refractivity contribution in [3.05, 3.63) is 19.3 Å². The summed E-state index contributed by atoms with van der Waals surface area (Å²) in [6, 6.07) is 0. The standard InChI is InChI=1S/C4HBrCl2O2S/c5-2-1-3(6)10(8,9)4(2)7/h1H. The summed E-state index contributed by atoms with van der Waals surface area (Å²) in [7, 11) is -3.53. The minimum atomic E-state index is -3.53. The maximum atomic E-state index is 10.9. The van der Waals surface area contributed by atoms with Crippen LogP contribution in [0.1, 0.15) is 0 Å². The van der Waals surface area contributed by atoms with Gasteiger partial charge in [-0.1, -0.05) is 23.2 Å². The Balaban J connectivity index is 3.39. The van der Waals surface area contributed by atoms with Crippen molar-refractivity contribution >= 4 is 49.0 Å². The highest BCUT2D eigenvalue weighted by atomic mass is 79.9. The minimum Gasteiger partial charge on any atom is -0.217 e. The molecule has 0 N–H and O–H groups in total. The van der Waals surface area contributed by atoms with Gasteiger partial charge >= 0.3 is 0 Å². The van der Waals surface area contributed by atoms with Gasteiger partial charge in [-0.15, -0.1) is 0 Å². The molecule has 0 bridgehead atoms. The summed E-state index contributed by atoms with van der Waals surface area (Å²) in [5, 5.41) is 0. The molecule has 0 amide bonds. The van der Waals surface area contributed by atoms with Crippen LogP contribution in [-0.4, -0.2) is 8.42 Å². The van der Waals surface area contributed by atoms with E-state index in [2.05, 4.69) is 15.9 Å². The first-order valence-corrected chi connectivity index (χ1v) is 5.17. The van der Waals surface area contributed by atoms with E-state index in [9.17, 15) is 8.42 Å². The Bertz CT molecular complexity index is 327. The van der Waals surface area contributed by atoms with Gasteiger partial charge in [-0.2, -0.15) is 0 Å². The average molecular weight is 264 g/mol. The predicted molar refractivity (Wildman–Crippen MR) is 44.7 cm³/mol. The average Bonchev–Trinajstić information content (AvgIpc) is 1.97. The number of halogens is 3. The van der Waals surface area contributed by atoms with Crippen molar-refractivity contribution in [3.63, 3.8) is 0 Å². The second-order valence-electron chi connectivity index (χ2n) is 1.57. The highest BCUT2D eigenvalue weighted by molar-refractivity contribution is 9.12. The number of hydrogen-bond acceptors (Lipinski definition) is 2. The maximum Gasteiger partial charge on any atom is 0.229 e. The van der Waals surface area contributed by atoms with Gasteiger partial charge in [-0.25, -0.2) is 8.42 Å². The number of rotatable bonds is 0. The Labute approximate surface area is 76.5 Å². The molecule has 0 aromatic carbocycles. The number of sulfone groups is 1. The van der Waals surface area contributed by atoms with Gasteiger partial charge in [-0.05, 0) is 22.0 Å². The van der Waals surface area contributed by atoms with Crippen LogP contribution in [0.3, 0.4) is 0 Å². The van der Waals surface area contributed by atoms with E-state index in [4.69, 9.17) is 23.2 Å². The van der Waals surface area contributed by atoms with Crippen LogP contribution in [0.5, 0.6) is 0 Å². The predicted octanol–water partition coefficient (Wildman–Crippen LogP) is 2.30. The minimum absolute atomic E-state index is 0.246. The Kier molecular flexibility index (Phi) is 2.16. The molecule has 10 heavy (non-hydrogen) atoms. The molecule has 0 saturated heterocycles. The van der Waals surface area contributed by atoms with Crippen LogP contribution in [0.25, 0.3) is 0 Å². The Morgan fingerprint density at radius 1 is 1.40 bits per heavy atom. The SMILES string of the molecule is O=S1(=O)C(Cl)=CC(Br)=C1Cl. The van der Waals surface area contributed by atoms with Crippen molar-refractivity contribution in [2.75, 3.05) is 0 Å². The highest BCUT2D eigenvalue weighted by Crippen LogP contribution is 2.36. The molecule has 0 aromatic rings. The maximum absolute atomic E-state index is 10.9. The van der Waals surface area contributed by atoms with Gasteiger partial charge in [0.15, 0.2) is 4.36 Å². The molecule has 0 radical (unpaired) electrons. The lowest BCUT2D eigenvalue weighted by Gasteiger charge is -1.90. The Hall–Kier alpha value is 0.490. The quantitative estimate of drug-likeness (QED) is 0.672. The zero-order chi connectivity index (χ0) is 7.94. The second kappa shape index (κ2) is 2.52. The molecule has 1 heterocycles. The normalized spacial score (nSPS) is 23.3. The molecular formula is C4HBrCl2O2S. The van der Waals surface area contributed by atoms with Crippen LogP contribution in [0.4, 0.5) is 0 Å². The van der Waals surface area contributed by atoms with Gasteiger partial charge in [0.25, 0.3) is 0 Å². The summed E-state index contributed by atoms with van der Waals surface area (Å²) in [4.78, 5) is 0. The summed E-state index contributed by atoms with van der Waals surface area (Å²) in [6.45, 7) is 0. The molecule has 2 nitrogen and oxygen atoms in total. The first-order valence-electron chi connectivity index (χ1n) is 2.14. The van der Waals surface area contributed by atoms with Crippen LogP contribution >= 0.6 is 39.1 Å². The summed E-state index contributed by atoms with van der Waals surface area (Å²) < 4.78 is 21.6. The zero-order valence-electron chi connectivity index (χ0n) is 4.44. The van der Waals surface area contributed by atoms with Gasteiger partial charge < -0.3 is 0 Å². The lowest BCUT2D eigenvalue weighted by atomic mass is 10.6. The second-order valence-corrected chi connectivity index (χ2v) is 5.52. The van der Waals surface area contributed by atoms with Crippen LogP contribution in [0, 0.1) is 0 Å². The fraction of sp³-hybridized carbons (Fsp3) is 0. The van der Waals surface area contributed by atoms with E-state index < -0.39 is 9.84 Å². The lowest BCUT2D eigenvalue weighted by molar-refractivity contribution is 0.611. The Morgan fingerprint density at radius 2 is 1.90 bits per heavy atom. The summed E-state index contributed by atoms with van der Waals surface area (Å²) in [5.74, 6) is 0. The molecule has 0 aliphatic carbocycles. The van der Waals surface area contributed by atoms with Crippen molar-refractivity contribution < 1.29 is 8.42 Å². The molecule has 0 saturated carbocycles. The fourth-order valence-corrected chi connectivity index (χ4v) is 3.12. The van der Waals surface area contributed by atoms with Crippen molar-refractivity contribution in [2.24, 2.45) is 0 Å². The van der Waals surface area contributed by atoms with Crippen LogP contribution in [0.2, 0.25) is 0 Å². The monoisotopic (exact) mass is 262 g/mol. The van der Waals surface area contributed by atoms with Crippen LogP contribution < -0.4 is 0 Å². The lowest BCUT2D eigenvalue weighted by Crippen LogP contribution is -1.93. The molecule has 1 rings (SSSR count). The molecule has 6 heteroatoms. The summed E-state index contributed by atoms with van der Waals surface area (Å²) in [5.41, 5.74) is 0. The van der Waals surface area contributed by atoms with Gasteiger partial charge in [0.1, 0.15) is 4.36 Å². The highest BCUT2D eigenvalue weighted by Gasteiger charge is 2.28. The zero-order valence-corrected chi connectivity index (χ0v) is 8.35. The van der Waals surface area contributed by atoms with E-state index in [1.807, 2.05) is 0 Å². The smallest absolute Gasteiger partial charge is 0.217 e. The molecule has 0 unspecified atom stereocenters. The molecule has 1 aliphatic rings. The molecule has 1 aliphatic heterocycles. The van der Waals surface area contributed by atoms with E-state index in [1.165, 1.54) is 6.08 Å². The summed E-state index contributed by atoms with van der Waals surface area (Å²) >= 11 is 13.6. The first kappa shape index (κ1) is 8.59. The number of hydrogen-bond donors (Lipinski definition) is 0. The van der Waals surface area contributed by atoms with E-state index in [0.29, 0.717) is 4.48 Å². The topological polar surface area (TPSA) is 34.1 Å². The van der Waals surface area contributed by atoms with Crippen molar-refractivity contribution in [1.82, 2.24) is 0 Å². The van der Waals surface area contributed by atoms with Gasteiger partial charge in [0.2, 0.25) is 9.84 Å². The third kappa shape index (κ3) is 1.13. The first-order chi connectivity index (χ1) is 4.46. The molecule has 0 fully saturated rings. The molecule has 0 atom stereocenters.